The van der Waals surface area contributed by atoms with Crippen LogP contribution in [-0.4, -0.2) is 12.0 Å². The van der Waals surface area contributed by atoms with Gasteiger partial charge in [0.05, 0.1) is 0 Å². The maximum Gasteiger partial charge on any atom is 0.00165 e. The van der Waals surface area contributed by atoms with E-state index in [1.54, 1.807) is 0 Å². The fraction of sp³-hybridized carbons (Fsp3) is 0.429. The van der Waals surface area contributed by atoms with Crippen molar-refractivity contribution in [2.24, 2.45) is 0 Å². The van der Waals surface area contributed by atoms with Crippen LogP contribution in [0.3, 0.4) is 0 Å². The molecule has 0 radical (unpaired) electrons. The van der Waals surface area contributed by atoms with Crippen LogP contribution >= 0.6 is 11.8 Å². The standard InChI is InChI=1S/C21H28S/c1-20(2,18-12-7-5-8-13-18)21(3,16-11-17-22-4)19-14-9-6-10-15-19/h5-10,12-15H,11,16-17H2,1-4H3/t21-/m1/s1. The first-order valence-electron chi connectivity index (χ1n) is 8.12. The van der Waals surface area contributed by atoms with Crippen molar-refractivity contribution in [2.45, 2.75) is 44.4 Å². The van der Waals surface area contributed by atoms with Gasteiger partial charge in [0.2, 0.25) is 0 Å². The molecule has 0 saturated carbocycles. The van der Waals surface area contributed by atoms with Crippen LogP contribution in [0.5, 0.6) is 0 Å². The SMILES string of the molecule is CSCCC[C@](C)(c1ccccc1)C(C)(C)c1ccccc1. The average Bonchev–Trinajstić information content (AvgIpc) is 2.56. The van der Waals surface area contributed by atoms with Crippen molar-refractivity contribution in [1.29, 1.82) is 0 Å². The molecule has 0 aliphatic carbocycles. The predicted molar refractivity (Wildman–Crippen MR) is 101 cm³/mol. The van der Waals surface area contributed by atoms with E-state index in [1.807, 2.05) is 11.8 Å². The molecular weight excluding hydrogens is 284 g/mol. The first-order valence-corrected chi connectivity index (χ1v) is 9.52. The van der Waals surface area contributed by atoms with Crippen molar-refractivity contribution in [2.75, 3.05) is 12.0 Å². The Labute approximate surface area is 140 Å². The van der Waals surface area contributed by atoms with Crippen molar-refractivity contribution in [1.82, 2.24) is 0 Å². The van der Waals surface area contributed by atoms with Gasteiger partial charge >= 0.3 is 0 Å². The number of hydrogen-bond donors (Lipinski definition) is 0. The van der Waals surface area contributed by atoms with Gasteiger partial charge in [0.25, 0.3) is 0 Å². The second-order valence-corrected chi connectivity index (χ2v) is 7.77. The Bertz CT molecular complexity index is 559. The van der Waals surface area contributed by atoms with Crippen LogP contribution in [0.4, 0.5) is 0 Å². The van der Waals surface area contributed by atoms with Gasteiger partial charge in [-0.3, -0.25) is 0 Å². The highest BCUT2D eigenvalue weighted by Gasteiger charge is 2.42. The highest BCUT2D eigenvalue weighted by atomic mass is 32.2. The molecule has 2 aromatic carbocycles. The molecule has 1 heteroatoms. The van der Waals surface area contributed by atoms with Crippen LogP contribution in [0.2, 0.25) is 0 Å². The van der Waals surface area contributed by atoms with E-state index in [0.29, 0.717) is 0 Å². The Kier molecular flexibility index (Phi) is 5.74. The topological polar surface area (TPSA) is 0 Å². The molecule has 0 bridgehead atoms. The summed E-state index contributed by atoms with van der Waals surface area (Å²) < 4.78 is 0. The van der Waals surface area contributed by atoms with Crippen LogP contribution in [0.1, 0.15) is 44.7 Å². The summed E-state index contributed by atoms with van der Waals surface area (Å²) in [5.74, 6) is 1.23. The van der Waals surface area contributed by atoms with Crippen LogP contribution in [0.25, 0.3) is 0 Å². The summed E-state index contributed by atoms with van der Waals surface area (Å²) >= 11 is 1.94. The van der Waals surface area contributed by atoms with Gasteiger partial charge in [0.15, 0.2) is 0 Å². The quantitative estimate of drug-likeness (QED) is 0.559. The highest BCUT2D eigenvalue weighted by molar-refractivity contribution is 7.98. The molecule has 0 N–H and O–H groups in total. The number of hydrogen-bond acceptors (Lipinski definition) is 1. The minimum absolute atomic E-state index is 0.0913. The zero-order valence-corrected chi connectivity index (χ0v) is 15.1. The zero-order chi connectivity index (χ0) is 16.1. The molecule has 0 aliphatic rings. The van der Waals surface area contributed by atoms with Crippen LogP contribution < -0.4 is 0 Å². The van der Waals surface area contributed by atoms with Gasteiger partial charge in [-0.1, -0.05) is 81.4 Å². The van der Waals surface area contributed by atoms with E-state index in [-0.39, 0.29) is 10.8 Å². The van der Waals surface area contributed by atoms with E-state index >= 15 is 0 Å². The van der Waals surface area contributed by atoms with E-state index in [9.17, 15) is 0 Å². The van der Waals surface area contributed by atoms with Crippen molar-refractivity contribution in [3.05, 3.63) is 71.8 Å². The number of rotatable bonds is 7. The Morgan fingerprint density at radius 3 is 1.77 bits per heavy atom. The molecule has 0 saturated heterocycles. The van der Waals surface area contributed by atoms with Crippen molar-refractivity contribution in [3.63, 3.8) is 0 Å². The van der Waals surface area contributed by atoms with E-state index in [2.05, 4.69) is 87.7 Å². The first-order chi connectivity index (χ1) is 10.5. The fourth-order valence-corrected chi connectivity index (χ4v) is 3.80. The third kappa shape index (κ3) is 3.41. The smallest absolute Gasteiger partial charge is 0.00165 e. The van der Waals surface area contributed by atoms with E-state index in [4.69, 9.17) is 0 Å². The van der Waals surface area contributed by atoms with E-state index in [1.165, 1.54) is 29.7 Å². The zero-order valence-electron chi connectivity index (χ0n) is 14.3. The Balaban J connectivity index is 2.43. The normalized spacial score (nSPS) is 14.5. The Hall–Kier alpha value is -1.21. The molecule has 0 unspecified atom stereocenters. The summed E-state index contributed by atoms with van der Waals surface area (Å²) in [7, 11) is 0. The lowest BCUT2D eigenvalue weighted by atomic mass is 9.58. The van der Waals surface area contributed by atoms with Gasteiger partial charge in [-0.25, -0.2) is 0 Å². The molecule has 118 valence electrons. The Morgan fingerprint density at radius 1 is 0.773 bits per heavy atom. The lowest BCUT2D eigenvalue weighted by Crippen LogP contribution is -2.43. The largest absolute Gasteiger partial charge is 0.165 e. The van der Waals surface area contributed by atoms with Gasteiger partial charge < -0.3 is 0 Å². The third-order valence-corrected chi connectivity index (χ3v) is 6.01. The van der Waals surface area contributed by atoms with Crippen molar-refractivity contribution in [3.8, 4) is 0 Å². The summed E-state index contributed by atoms with van der Waals surface area (Å²) in [6.07, 6.45) is 4.66. The molecule has 0 amide bonds. The summed E-state index contributed by atoms with van der Waals surface area (Å²) in [6, 6.07) is 22.0. The summed E-state index contributed by atoms with van der Waals surface area (Å²) in [5, 5.41) is 0. The molecule has 0 spiro atoms. The van der Waals surface area contributed by atoms with Crippen molar-refractivity contribution < 1.29 is 0 Å². The second-order valence-electron chi connectivity index (χ2n) is 6.79. The van der Waals surface area contributed by atoms with Gasteiger partial charge in [0.1, 0.15) is 0 Å². The Morgan fingerprint density at radius 2 is 1.27 bits per heavy atom. The molecule has 22 heavy (non-hydrogen) atoms. The number of benzene rings is 2. The highest BCUT2D eigenvalue weighted by Crippen LogP contribution is 2.47. The molecule has 0 aliphatic heterocycles. The van der Waals surface area contributed by atoms with Gasteiger partial charge in [0, 0.05) is 5.41 Å². The molecular formula is C21H28S. The van der Waals surface area contributed by atoms with Gasteiger partial charge in [-0.15, -0.1) is 0 Å². The second kappa shape index (κ2) is 7.37. The maximum absolute atomic E-state index is 2.44. The molecule has 0 fully saturated rings. The predicted octanol–water partition coefficient (Wildman–Crippen LogP) is 6.07. The third-order valence-electron chi connectivity index (χ3n) is 5.31. The van der Waals surface area contributed by atoms with Gasteiger partial charge in [-0.05, 0) is 41.4 Å². The van der Waals surface area contributed by atoms with Gasteiger partial charge in [-0.2, -0.15) is 11.8 Å². The van der Waals surface area contributed by atoms with Crippen LogP contribution in [-0.2, 0) is 10.8 Å². The maximum atomic E-state index is 2.44. The average molecular weight is 313 g/mol. The first kappa shape index (κ1) is 17.1. The molecule has 1 atom stereocenters. The summed E-state index contributed by atoms with van der Waals surface area (Å²) in [6.45, 7) is 7.23. The summed E-state index contributed by atoms with van der Waals surface area (Å²) in [5.41, 5.74) is 3.09. The van der Waals surface area contributed by atoms with E-state index in [0.717, 1.165) is 0 Å². The molecule has 0 nitrogen and oxygen atoms in total. The molecule has 0 heterocycles. The van der Waals surface area contributed by atoms with Crippen LogP contribution in [0, 0.1) is 0 Å². The lowest BCUT2D eigenvalue weighted by Gasteiger charge is -2.46. The van der Waals surface area contributed by atoms with Crippen molar-refractivity contribution >= 4 is 11.8 Å². The van der Waals surface area contributed by atoms with Crippen LogP contribution in [0.15, 0.2) is 60.7 Å². The minimum atomic E-state index is 0.0913. The monoisotopic (exact) mass is 312 g/mol. The lowest BCUT2D eigenvalue weighted by molar-refractivity contribution is 0.255. The van der Waals surface area contributed by atoms with E-state index < -0.39 is 0 Å². The molecule has 2 rings (SSSR count). The fourth-order valence-electron chi connectivity index (χ4n) is 3.37. The summed E-state index contributed by atoms with van der Waals surface area (Å²) in [4.78, 5) is 0. The molecule has 0 aromatic heterocycles. The number of thioether (sulfide) groups is 1. The molecule has 2 aromatic rings. The minimum Gasteiger partial charge on any atom is -0.165 e.